The highest BCUT2D eigenvalue weighted by Gasteiger charge is 2.17. The molecule has 1 N–H and O–H groups in total. The summed E-state index contributed by atoms with van der Waals surface area (Å²) in [4.78, 5) is 6.78. The fourth-order valence-corrected chi connectivity index (χ4v) is 3.08. The van der Waals surface area contributed by atoms with Crippen LogP contribution in [0.3, 0.4) is 0 Å². The zero-order chi connectivity index (χ0) is 15.6. The van der Waals surface area contributed by atoms with Crippen molar-refractivity contribution >= 4 is 17.2 Å². The van der Waals surface area contributed by atoms with Crippen LogP contribution in [0.15, 0.2) is 5.38 Å². The second-order valence-corrected chi connectivity index (χ2v) is 6.82. The van der Waals surface area contributed by atoms with Crippen LogP contribution in [0.4, 0.5) is 5.82 Å². The highest BCUT2D eigenvalue weighted by atomic mass is 32.1. The van der Waals surface area contributed by atoms with E-state index in [1.807, 2.05) is 18.7 Å². The first-order valence-corrected chi connectivity index (χ1v) is 8.14. The van der Waals surface area contributed by atoms with E-state index in [2.05, 4.69) is 53.5 Å². The number of aromatic nitrogens is 3. The molecule has 5 nitrogen and oxygen atoms in total. The monoisotopic (exact) mass is 307 g/mol. The maximum Gasteiger partial charge on any atom is 0.131 e. The third kappa shape index (κ3) is 3.83. The Morgan fingerprint density at radius 1 is 1.38 bits per heavy atom. The van der Waals surface area contributed by atoms with Crippen LogP contribution in [0.5, 0.6) is 0 Å². The molecule has 0 saturated carbocycles. The minimum atomic E-state index is 0.462. The highest BCUT2D eigenvalue weighted by Crippen LogP contribution is 2.24. The fourth-order valence-electron chi connectivity index (χ4n) is 2.48. The van der Waals surface area contributed by atoms with Crippen molar-refractivity contribution in [1.29, 1.82) is 0 Å². The molecule has 116 valence electrons. The Hall–Kier alpha value is -1.40. The molecule has 0 saturated heterocycles. The van der Waals surface area contributed by atoms with Gasteiger partial charge in [-0.2, -0.15) is 5.10 Å². The molecule has 2 aromatic heterocycles. The lowest BCUT2D eigenvalue weighted by Gasteiger charge is -2.21. The summed E-state index contributed by atoms with van der Waals surface area (Å²) in [6.07, 6.45) is 0. The number of hydrogen-bond acceptors (Lipinski definition) is 5. The van der Waals surface area contributed by atoms with E-state index in [9.17, 15) is 0 Å². The third-order valence-electron chi connectivity index (χ3n) is 3.43. The van der Waals surface area contributed by atoms with Crippen LogP contribution in [0, 0.1) is 13.8 Å². The van der Waals surface area contributed by atoms with Gasteiger partial charge in [-0.3, -0.25) is 4.68 Å². The van der Waals surface area contributed by atoms with Crippen molar-refractivity contribution in [2.75, 3.05) is 11.9 Å². The van der Waals surface area contributed by atoms with Gasteiger partial charge in [0.25, 0.3) is 0 Å². The molecule has 0 radical (unpaired) electrons. The Labute approximate surface area is 131 Å². The van der Waals surface area contributed by atoms with Crippen LogP contribution in [-0.2, 0) is 20.1 Å². The van der Waals surface area contributed by atoms with E-state index in [0.717, 1.165) is 35.3 Å². The summed E-state index contributed by atoms with van der Waals surface area (Å²) in [5.41, 5.74) is 3.46. The molecule has 6 heteroatoms. The quantitative estimate of drug-likeness (QED) is 0.891. The molecular weight excluding hydrogens is 282 g/mol. The molecule has 0 atom stereocenters. The standard InChI is InChI=1S/C15H25N5S/c1-10(2)16-7-14-11(3)18-20(6)15(14)19(5)8-13-9-21-12(4)17-13/h9-10,16H,7-8H2,1-6H3. The Kier molecular flexibility index (Phi) is 5.00. The van der Waals surface area contributed by atoms with Crippen LogP contribution < -0.4 is 10.2 Å². The second-order valence-electron chi connectivity index (χ2n) is 5.76. The topological polar surface area (TPSA) is 46.0 Å². The molecule has 0 aromatic carbocycles. The summed E-state index contributed by atoms with van der Waals surface area (Å²) in [5.74, 6) is 1.16. The van der Waals surface area contributed by atoms with Gasteiger partial charge in [0, 0.05) is 37.6 Å². The average Bonchev–Trinajstić information content (AvgIpc) is 2.90. The molecule has 0 aliphatic heterocycles. The lowest BCUT2D eigenvalue weighted by atomic mass is 10.2. The first-order chi connectivity index (χ1) is 9.88. The molecule has 0 unspecified atom stereocenters. The van der Waals surface area contributed by atoms with Gasteiger partial charge in [-0.15, -0.1) is 11.3 Å². The summed E-state index contributed by atoms with van der Waals surface area (Å²) in [6.45, 7) is 10.1. The van der Waals surface area contributed by atoms with E-state index in [-0.39, 0.29) is 0 Å². The van der Waals surface area contributed by atoms with Gasteiger partial charge < -0.3 is 10.2 Å². The summed E-state index contributed by atoms with van der Waals surface area (Å²) < 4.78 is 1.96. The Balaban J connectivity index is 2.20. The molecule has 0 aliphatic carbocycles. The molecule has 2 rings (SSSR count). The van der Waals surface area contributed by atoms with Crippen LogP contribution in [0.1, 0.15) is 35.8 Å². The summed E-state index contributed by atoms with van der Waals surface area (Å²) in [5, 5.41) is 11.3. The van der Waals surface area contributed by atoms with Crippen molar-refractivity contribution in [3.8, 4) is 0 Å². The summed E-state index contributed by atoms with van der Waals surface area (Å²) in [6, 6.07) is 0.462. The van der Waals surface area contributed by atoms with E-state index in [0.29, 0.717) is 6.04 Å². The van der Waals surface area contributed by atoms with Gasteiger partial charge >= 0.3 is 0 Å². The molecule has 0 bridgehead atoms. The average molecular weight is 307 g/mol. The Bertz CT molecular complexity index is 599. The molecule has 0 aliphatic rings. The van der Waals surface area contributed by atoms with Gasteiger partial charge in [0.2, 0.25) is 0 Å². The van der Waals surface area contributed by atoms with E-state index >= 15 is 0 Å². The SMILES string of the molecule is Cc1nc(CN(C)c2c(CNC(C)C)c(C)nn2C)cs1. The van der Waals surface area contributed by atoms with Crippen molar-refractivity contribution in [3.05, 3.63) is 27.3 Å². The maximum absolute atomic E-state index is 4.57. The summed E-state index contributed by atoms with van der Waals surface area (Å²) >= 11 is 1.70. The lowest BCUT2D eigenvalue weighted by molar-refractivity contribution is 0.586. The smallest absolute Gasteiger partial charge is 0.131 e. The number of rotatable bonds is 6. The number of hydrogen-bond donors (Lipinski definition) is 1. The number of nitrogens with one attached hydrogen (secondary N) is 1. The molecule has 0 spiro atoms. The Morgan fingerprint density at radius 2 is 2.10 bits per heavy atom. The Morgan fingerprint density at radius 3 is 2.67 bits per heavy atom. The first kappa shape index (κ1) is 16.0. The van der Waals surface area contributed by atoms with Crippen LogP contribution in [0.2, 0.25) is 0 Å². The lowest BCUT2D eigenvalue weighted by Crippen LogP contribution is -2.25. The van der Waals surface area contributed by atoms with Crippen molar-refractivity contribution in [3.63, 3.8) is 0 Å². The third-order valence-corrected chi connectivity index (χ3v) is 4.25. The van der Waals surface area contributed by atoms with Crippen molar-refractivity contribution < 1.29 is 0 Å². The largest absolute Gasteiger partial charge is 0.354 e. The first-order valence-electron chi connectivity index (χ1n) is 7.26. The zero-order valence-electron chi connectivity index (χ0n) is 13.8. The van der Waals surface area contributed by atoms with E-state index in [1.165, 1.54) is 5.56 Å². The van der Waals surface area contributed by atoms with Crippen LogP contribution in [-0.4, -0.2) is 27.9 Å². The van der Waals surface area contributed by atoms with Gasteiger partial charge in [0.05, 0.1) is 22.9 Å². The molecule has 0 fully saturated rings. The van der Waals surface area contributed by atoms with Crippen LogP contribution >= 0.6 is 11.3 Å². The number of nitrogens with zero attached hydrogens (tertiary/aromatic N) is 4. The minimum absolute atomic E-state index is 0.462. The fraction of sp³-hybridized carbons (Fsp3) is 0.600. The van der Waals surface area contributed by atoms with E-state index < -0.39 is 0 Å². The van der Waals surface area contributed by atoms with E-state index in [4.69, 9.17) is 0 Å². The predicted octanol–water partition coefficient (Wildman–Crippen LogP) is 2.63. The highest BCUT2D eigenvalue weighted by molar-refractivity contribution is 7.09. The predicted molar refractivity (Wildman–Crippen MR) is 88.9 cm³/mol. The van der Waals surface area contributed by atoms with Crippen molar-refractivity contribution in [2.45, 2.75) is 46.8 Å². The second kappa shape index (κ2) is 6.58. The zero-order valence-corrected chi connectivity index (χ0v) is 14.6. The molecule has 21 heavy (non-hydrogen) atoms. The van der Waals surface area contributed by atoms with Gasteiger partial charge in [-0.1, -0.05) is 13.8 Å². The van der Waals surface area contributed by atoms with Gasteiger partial charge in [0.15, 0.2) is 0 Å². The van der Waals surface area contributed by atoms with Gasteiger partial charge in [-0.05, 0) is 13.8 Å². The number of anilines is 1. The molecule has 2 heterocycles. The molecular formula is C15H25N5S. The normalized spacial score (nSPS) is 11.4. The number of aryl methyl sites for hydroxylation is 3. The molecule has 0 amide bonds. The van der Waals surface area contributed by atoms with Crippen LogP contribution in [0.25, 0.3) is 0 Å². The summed E-state index contributed by atoms with van der Waals surface area (Å²) in [7, 11) is 4.11. The minimum Gasteiger partial charge on any atom is -0.354 e. The van der Waals surface area contributed by atoms with E-state index in [1.54, 1.807) is 11.3 Å². The molecule has 2 aromatic rings. The maximum atomic E-state index is 4.57. The number of thiazole rings is 1. The van der Waals surface area contributed by atoms with Crippen molar-refractivity contribution in [1.82, 2.24) is 20.1 Å². The van der Waals surface area contributed by atoms with Gasteiger partial charge in [-0.25, -0.2) is 4.98 Å². The van der Waals surface area contributed by atoms with Gasteiger partial charge in [0.1, 0.15) is 5.82 Å². The van der Waals surface area contributed by atoms with Crippen molar-refractivity contribution in [2.24, 2.45) is 7.05 Å².